The fourth-order valence-electron chi connectivity index (χ4n) is 0.641. The molecule has 44 valence electrons. The third-order valence-electron chi connectivity index (χ3n) is 1.23. The molecule has 0 N–H and O–H groups in total. The molecule has 0 spiro atoms. The lowest BCUT2D eigenvalue weighted by Crippen LogP contribution is -2.03. The maximum Gasteiger partial charge on any atom is 0.0484 e. The Bertz CT molecular complexity index is 133. The monoisotopic (exact) mass is 110 g/mol. The average molecular weight is 110 g/mol. The zero-order valence-electron chi connectivity index (χ0n) is 5.26. The van der Waals surface area contributed by atoms with E-state index >= 15 is 0 Å². The fraction of sp³-hybridized carbons (Fsp3) is 0.667. The molecule has 0 atom stereocenters. The third kappa shape index (κ3) is 0.941. The molecule has 0 fully saturated rings. The molecule has 0 aromatic carbocycles. The van der Waals surface area contributed by atoms with Crippen molar-refractivity contribution in [3.05, 3.63) is 0 Å². The molecule has 8 heavy (non-hydrogen) atoms. The molecule has 1 heterocycles. The Balaban J connectivity index is 2.51. The van der Waals surface area contributed by atoms with Crippen molar-refractivity contribution < 1.29 is 0 Å². The van der Waals surface area contributed by atoms with Gasteiger partial charge in [0.2, 0.25) is 0 Å². The lowest BCUT2D eigenvalue weighted by molar-refractivity contribution is 0.871. The van der Waals surface area contributed by atoms with Crippen molar-refractivity contribution in [1.82, 2.24) is 0 Å². The molecule has 0 amide bonds. The second-order valence-corrected chi connectivity index (χ2v) is 2.25. The van der Waals surface area contributed by atoms with Gasteiger partial charge in [-0.25, -0.2) is 0 Å². The lowest BCUT2D eigenvalue weighted by Gasteiger charge is -1.98. The Hall–Kier alpha value is -0.660. The van der Waals surface area contributed by atoms with E-state index in [-0.39, 0.29) is 0 Å². The Morgan fingerprint density at radius 2 is 2.38 bits per heavy atom. The Labute approximate surface area is 49.3 Å². The van der Waals surface area contributed by atoms with Crippen LogP contribution in [0.5, 0.6) is 0 Å². The fourth-order valence-corrected chi connectivity index (χ4v) is 0.641. The van der Waals surface area contributed by atoms with Crippen molar-refractivity contribution in [2.24, 2.45) is 16.1 Å². The minimum absolute atomic E-state index is 0.567. The normalized spacial score (nSPS) is 17.6. The second-order valence-electron chi connectivity index (χ2n) is 2.25. The summed E-state index contributed by atoms with van der Waals surface area (Å²) in [5.74, 6) is 0.567. The van der Waals surface area contributed by atoms with E-state index in [1.165, 1.54) is 5.71 Å². The smallest absolute Gasteiger partial charge is 0.0484 e. The zero-order valence-corrected chi connectivity index (χ0v) is 5.26. The molecule has 0 radical (unpaired) electrons. The molecule has 0 aliphatic carbocycles. The minimum atomic E-state index is 0.567. The van der Waals surface area contributed by atoms with Crippen LogP contribution in [0.3, 0.4) is 0 Å². The number of rotatable bonds is 1. The molecule has 2 nitrogen and oxygen atoms in total. The van der Waals surface area contributed by atoms with Crippen LogP contribution in [0.1, 0.15) is 20.3 Å². The molecular weight excluding hydrogens is 100 g/mol. The van der Waals surface area contributed by atoms with Gasteiger partial charge < -0.3 is 0 Å². The van der Waals surface area contributed by atoms with Gasteiger partial charge in [-0.05, 0) is 5.92 Å². The second kappa shape index (κ2) is 2.07. The summed E-state index contributed by atoms with van der Waals surface area (Å²) in [4.78, 5) is 0. The quantitative estimate of drug-likeness (QED) is 0.488. The largest absolute Gasteiger partial charge is 0.163 e. The molecule has 0 aromatic heterocycles. The van der Waals surface area contributed by atoms with Crippen molar-refractivity contribution >= 4 is 11.9 Å². The van der Waals surface area contributed by atoms with E-state index in [9.17, 15) is 0 Å². The molecule has 2 heteroatoms. The molecule has 0 unspecified atom stereocenters. The maximum absolute atomic E-state index is 3.92. The van der Waals surface area contributed by atoms with Crippen LogP contribution in [-0.4, -0.2) is 11.9 Å². The van der Waals surface area contributed by atoms with Crippen molar-refractivity contribution in [3.63, 3.8) is 0 Å². The van der Waals surface area contributed by atoms with Crippen LogP contribution in [0.15, 0.2) is 10.2 Å². The van der Waals surface area contributed by atoms with E-state index in [2.05, 4.69) is 24.1 Å². The maximum atomic E-state index is 3.92. The Kier molecular flexibility index (Phi) is 1.42. The SMILES string of the molecule is CC(C)C1=NN=CC1. The third-order valence-corrected chi connectivity index (χ3v) is 1.23. The van der Waals surface area contributed by atoms with E-state index in [4.69, 9.17) is 0 Å². The summed E-state index contributed by atoms with van der Waals surface area (Å²) in [6.45, 7) is 4.26. The average Bonchev–Trinajstić information content (AvgIpc) is 2.12. The first-order valence-corrected chi connectivity index (χ1v) is 2.89. The summed E-state index contributed by atoms with van der Waals surface area (Å²) < 4.78 is 0. The van der Waals surface area contributed by atoms with E-state index in [0.29, 0.717) is 5.92 Å². The number of hydrogen-bond donors (Lipinski definition) is 0. The van der Waals surface area contributed by atoms with Crippen LogP contribution in [0, 0.1) is 5.92 Å². The first-order valence-electron chi connectivity index (χ1n) is 2.89. The molecular formula is C6H10N2. The molecule has 1 aliphatic heterocycles. The summed E-state index contributed by atoms with van der Waals surface area (Å²) >= 11 is 0. The van der Waals surface area contributed by atoms with Crippen LogP contribution in [0.25, 0.3) is 0 Å². The van der Waals surface area contributed by atoms with Crippen LogP contribution in [0.2, 0.25) is 0 Å². The molecule has 1 aliphatic rings. The predicted octanol–water partition coefficient (Wildman–Crippen LogP) is 1.47. The molecule has 0 saturated heterocycles. The Morgan fingerprint density at radius 3 is 2.62 bits per heavy atom. The van der Waals surface area contributed by atoms with Crippen molar-refractivity contribution in [1.29, 1.82) is 0 Å². The van der Waals surface area contributed by atoms with Crippen LogP contribution >= 0.6 is 0 Å². The summed E-state index contributed by atoms with van der Waals surface area (Å²) in [7, 11) is 0. The summed E-state index contributed by atoms with van der Waals surface area (Å²) in [6, 6.07) is 0. The van der Waals surface area contributed by atoms with Gasteiger partial charge in [-0.1, -0.05) is 13.8 Å². The van der Waals surface area contributed by atoms with Gasteiger partial charge in [0.05, 0.1) is 0 Å². The molecule has 0 bridgehead atoms. The zero-order chi connectivity index (χ0) is 5.98. The van der Waals surface area contributed by atoms with Gasteiger partial charge >= 0.3 is 0 Å². The highest BCUT2D eigenvalue weighted by Gasteiger charge is 2.05. The molecule has 1 rings (SSSR count). The topological polar surface area (TPSA) is 24.7 Å². The summed E-state index contributed by atoms with van der Waals surface area (Å²) in [5.41, 5.74) is 1.20. The van der Waals surface area contributed by atoms with Crippen molar-refractivity contribution in [2.45, 2.75) is 20.3 Å². The van der Waals surface area contributed by atoms with Gasteiger partial charge in [0.15, 0.2) is 0 Å². The van der Waals surface area contributed by atoms with Crippen molar-refractivity contribution in [3.8, 4) is 0 Å². The van der Waals surface area contributed by atoms with E-state index in [1.807, 2.05) is 6.21 Å². The summed E-state index contributed by atoms with van der Waals surface area (Å²) in [6.07, 6.45) is 2.80. The summed E-state index contributed by atoms with van der Waals surface area (Å²) in [5, 5.41) is 7.67. The van der Waals surface area contributed by atoms with E-state index < -0.39 is 0 Å². The lowest BCUT2D eigenvalue weighted by atomic mass is 10.1. The highest BCUT2D eigenvalue weighted by Crippen LogP contribution is 2.04. The number of nitrogens with zero attached hydrogens (tertiary/aromatic N) is 2. The predicted molar refractivity (Wildman–Crippen MR) is 35.4 cm³/mol. The van der Waals surface area contributed by atoms with E-state index in [1.54, 1.807) is 0 Å². The van der Waals surface area contributed by atoms with Crippen LogP contribution in [-0.2, 0) is 0 Å². The highest BCUT2D eigenvalue weighted by atomic mass is 15.2. The van der Waals surface area contributed by atoms with Gasteiger partial charge in [0.1, 0.15) is 0 Å². The first-order chi connectivity index (χ1) is 3.80. The van der Waals surface area contributed by atoms with Gasteiger partial charge in [-0.15, -0.1) is 0 Å². The van der Waals surface area contributed by atoms with Gasteiger partial charge in [0, 0.05) is 18.3 Å². The van der Waals surface area contributed by atoms with Gasteiger partial charge in [-0.3, -0.25) is 0 Å². The molecule has 0 saturated carbocycles. The van der Waals surface area contributed by atoms with Crippen LogP contribution < -0.4 is 0 Å². The van der Waals surface area contributed by atoms with Crippen molar-refractivity contribution in [2.75, 3.05) is 0 Å². The van der Waals surface area contributed by atoms with Gasteiger partial charge in [-0.2, -0.15) is 10.2 Å². The number of hydrogen-bond acceptors (Lipinski definition) is 2. The highest BCUT2D eigenvalue weighted by molar-refractivity contribution is 5.99. The Morgan fingerprint density at radius 1 is 1.62 bits per heavy atom. The minimum Gasteiger partial charge on any atom is -0.163 e. The van der Waals surface area contributed by atoms with E-state index in [0.717, 1.165) is 6.42 Å². The van der Waals surface area contributed by atoms with Crippen LogP contribution in [0.4, 0.5) is 0 Å². The standard InChI is InChI=1S/C6H10N2/c1-5(2)6-3-4-7-8-6/h4-5H,3H2,1-2H3. The van der Waals surface area contributed by atoms with Gasteiger partial charge in [0.25, 0.3) is 0 Å². The first kappa shape index (κ1) is 5.48. The molecule has 0 aromatic rings.